The highest BCUT2D eigenvalue weighted by atomic mass is 16.5. The van der Waals surface area contributed by atoms with E-state index >= 15 is 0 Å². The van der Waals surface area contributed by atoms with Crippen LogP contribution in [-0.2, 0) is 20.7 Å². The van der Waals surface area contributed by atoms with E-state index in [0.717, 1.165) is 24.2 Å². The Bertz CT molecular complexity index is 677. The van der Waals surface area contributed by atoms with Crippen LogP contribution < -0.4 is 21.5 Å². The van der Waals surface area contributed by atoms with Crippen LogP contribution >= 0.6 is 0 Å². The third kappa shape index (κ3) is 11.0. The average molecular weight is 407 g/mol. The van der Waals surface area contributed by atoms with Gasteiger partial charge in [-0.05, 0) is 36.0 Å². The Morgan fingerprint density at radius 1 is 1.14 bits per heavy atom. The number of hydrogen-bond acceptors (Lipinski definition) is 5. The van der Waals surface area contributed by atoms with Crippen LogP contribution in [0.3, 0.4) is 0 Å². The fraction of sp³-hybridized carbons (Fsp3) is 0.571. The predicted octanol–water partition coefficient (Wildman–Crippen LogP) is 1.76. The van der Waals surface area contributed by atoms with Crippen LogP contribution in [0.5, 0.6) is 5.75 Å². The van der Waals surface area contributed by atoms with Gasteiger partial charge in [-0.1, -0.05) is 32.9 Å². The summed E-state index contributed by atoms with van der Waals surface area (Å²) in [6.07, 6.45) is 2.35. The van der Waals surface area contributed by atoms with Crippen molar-refractivity contribution in [2.24, 2.45) is 21.9 Å². The van der Waals surface area contributed by atoms with Gasteiger partial charge in [0.2, 0.25) is 5.91 Å². The largest absolute Gasteiger partial charge is 0.494 e. The van der Waals surface area contributed by atoms with E-state index in [1.54, 1.807) is 0 Å². The zero-order chi connectivity index (χ0) is 21.9. The van der Waals surface area contributed by atoms with Crippen molar-refractivity contribution >= 4 is 17.8 Å². The first kappa shape index (κ1) is 24.3. The number of carbonyl (C=O) groups excluding carboxylic acids is 2. The van der Waals surface area contributed by atoms with E-state index in [-0.39, 0.29) is 17.3 Å². The molecule has 0 aromatic heterocycles. The summed E-state index contributed by atoms with van der Waals surface area (Å²) < 4.78 is 10.5. The minimum absolute atomic E-state index is 0.0985. The highest BCUT2D eigenvalue weighted by Crippen LogP contribution is 2.19. The molecule has 0 aliphatic heterocycles. The lowest BCUT2D eigenvalue weighted by Gasteiger charge is -2.21. The van der Waals surface area contributed by atoms with Crippen molar-refractivity contribution in [3.63, 3.8) is 0 Å². The summed E-state index contributed by atoms with van der Waals surface area (Å²) in [7, 11) is 1.31. The molecular formula is C21H34N4O4. The third-order valence-electron chi connectivity index (χ3n) is 3.99. The quantitative estimate of drug-likeness (QED) is 0.222. The van der Waals surface area contributed by atoms with E-state index in [4.69, 9.17) is 20.9 Å². The summed E-state index contributed by atoms with van der Waals surface area (Å²) in [5.74, 6) is 0.199. The molecule has 0 bridgehead atoms. The number of guanidine groups is 1. The van der Waals surface area contributed by atoms with Crippen LogP contribution in [-0.4, -0.2) is 44.1 Å². The number of aliphatic imine (C=N–C) groups is 1. The Labute approximate surface area is 173 Å². The highest BCUT2D eigenvalue weighted by molar-refractivity contribution is 5.84. The van der Waals surface area contributed by atoms with Crippen molar-refractivity contribution in [2.75, 3.05) is 20.3 Å². The molecule has 29 heavy (non-hydrogen) atoms. The molecule has 1 amide bonds. The number of methoxy groups -OCH3 is 1. The fourth-order valence-electron chi connectivity index (χ4n) is 2.63. The Balaban J connectivity index is 2.55. The van der Waals surface area contributed by atoms with Gasteiger partial charge < -0.3 is 26.3 Å². The topological polar surface area (TPSA) is 129 Å². The lowest BCUT2D eigenvalue weighted by atomic mass is 9.91. The molecule has 1 atom stereocenters. The standard InChI is InChI=1S/C21H34N4O4/c1-21(2,3)14-18(26)25-17(19(27)28-4)13-15-7-9-16(10-8-15)29-12-6-5-11-24-20(22)23/h7-10,17H,5-6,11-14H2,1-4H3,(H,25,26)(H4,22,23,24). The van der Waals surface area contributed by atoms with Crippen LogP contribution in [0.15, 0.2) is 29.3 Å². The molecule has 1 aromatic carbocycles. The average Bonchev–Trinajstić information content (AvgIpc) is 2.62. The molecule has 0 fully saturated rings. The summed E-state index contributed by atoms with van der Waals surface area (Å²) in [6.45, 7) is 7.06. The van der Waals surface area contributed by atoms with Crippen LogP contribution in [0.2, 0.25) is 0 Å². The normalized spacial score (nSPS) is 12.0. The number of hydrogen-bond donors (Lipinski definition) is 3. The molecule has 1 unspecified atom stereocenters. The number of unbranched alkanes of at least 4 members (excludes halogenated alkanes) is 1. The van der Waals surface area contributed by atoms with Crippen molar-refractivity contribution < 1.29 is 19.1 Å². The third-order valence-corrected chi connectivity index (χ3v) is 3.99. The molecule has 0 aliphatic carbocycles. The van der Waals surface area contributed by atoms with Crippen molar-refractivity contribution in [3.05, 3.63) is 29.8 Å². The summed E-state index contributed by atoms with van der Waals surface area (Å²) in [5, 5.41) is 2.78. The van der Waals surface area contributed by atoms with E-state index in [1.165, 1.54) is 7.11 Å². The first-order chi connectivity index (χ1) is 13.6. The second-order valence-corrected chi connectivity index (χ2v) is 8.09. The van der Waals surface area contributed by atoms with Crippen LogP contribution in [0, 0.1) is 5.41 Å². The van der Waals surface area contributed by atoms with Gasteiger partial charge in [-0.2, -0.15) is 0 Å². The molecule has 162 valence electrons. The molecule has 1 rings (SSSR count). The lowest BCUT2D eigenvalue weighted by molar-refractivity contribution is -0.145. The molecule has 8 heteroatoms. The molecule has 0 spiro atoms. The van der Waals surface area contributed by atoms with Gasteiger partial charge in [-0.25, -0.2) is 4.79 Å². The van der Waals surface area contributed by atoms with Gasteiger partial charge in [0.15, 0.2) is 5.96 Å². The van der Waals surface area contributed by atoms with Gasteiger partial charge in [-0.3, -0.25) is 9.79 Å². The molecule has 5 N–H and O–H groups in total. The maximum absolute atomic E-state index is 12.2. The van der Waals surface area contributed by atoms with Gasteiger partial charge in [-0.15, -0.1) is 0 Å². The summed E-state index contributed by atoms with van der Waals surface area (Å²) in [4.78, 5) is 28.2. The number of amides is 1. The Hall–Kier alpha value is -2.77. The van der Waals surface area contributed by atoms with Crippen LogP contribution in [0.4, 0.5) is 0 Å². The zero-order valence-electron chi connectivity index (χ0n) is 17.9. The molecule has 0 aliphatic rings. The van der Waals surface area contributed by atoms with E-state index < -0.39 is 12.0 Å². The number of carbonyl (C=O) groups is 2. The minimum Gasteiger partial charge on any atom is -0.494 e. The van der Waals surface area contributed by atoms with Gasteiger partial charge in [0.25, 0.3) is 0 Å². The van der Waals surface area contributed by atoms with E-state index in [2.05, 4.69) is 10.3 Å². The second-order valence-electron chi connectivity index (χ2n) is 8.09. The molecular weight excluding hydrogens is 372 g/mol. The second kappa shape index (κ2) is 11.9. The minimum atomic E-state index is -0.725. The van der Waals surface area contributed by atoms with Gasteiger partial charge in [0, 0.05) is 19.4 Å². The van der Waals surface area contributed by atoms with Crippen molar-refractivity contribution in [1.82, 2.24) is 5.32 Å². The molecule has 0 saturated carbocycles. The number of nitrogens with one attached hydrogen (secondary N) is 1. The van der Waals surface area contributed by atoms with Crippen LogP contribution in [0.25, 0.3) is 0 Å². The monoisotopic (exact) mass is 406 g/mol. The number of nitrogens with two attached hydrogens (primary N) is 2. The number of esters is 1. The van der Waals surface area contributed by atoms with Crippen molar-refractivity contribution in [1.29, 1.82) is 0 Å². The van der Waals surface area contributed by atoms with Gasteiger partial charge in [0.1, 0.15) is 11.8 Å². The SMILES string of the molecule is COC(=O)C(Cc1ccc(OCCCCN=C(N)N)cc1)NC(=O)CC(C)(C)C. The van der Waals surface area contributed by atoms with E-state index in [9.17, 15) is 9.59 Å². The predicted molar refractivity (Wildman–Crippen MR) is 114 cm³/mol. The Kier molecular flexibility index (Phi) is 9.99. The summed E-state index contributed by atoms with van der Waals surface area (Å²) in [6, 6.07) is 6.71. The number of ether oxygens (including phenoxy) is 2. The summed E-state index contributed by atoms with van der Waals surface area (Å²) in [5.41, 5.74) is 11.3. The maximum atomic E-state index is 12.2. The molecule has 1 aromatic rings. The zero-order valence-corrected chi connectivity index (χ0v) is 17.9. The summed E-state index contributed by atoms with van der Waals surface area (Å²) >= 11 is 0. The smallest absolute Gasteiger partial charge is 0.328 e. The first-order valence-electron chi connectivity index (χ1n) is 9.75. The molecule has 0 saturated heterocycles. The Morgan fingerprint density at radius 2 is 1.79 bits per heavy atom. The van der Waals surface area contributed by atoms with Crippen LogP contribution in [0.1, 0.15) is 45.6 Å². The fourth-order valence-corrected chi connectivity index (χ4v) is 2.63. The number of nitrogens with zero attached hydrogens (tertiary/aromatic N) is 1. The molecule has 8 nitrogen and oxygen atoms in total. The molecule has 0 radical (unpaired) electrons. The van der Waals surface area contributed by atoms with Crippen molar-refractivity contribution in [3.8, 4) is 5.75 Å². The maximum Gasteiger partial charge on any atom is 0.328 e. The van der Waals surface area contributed by atoms with Gasteiger partial charge in [0.05, 0.1) is 13.7 Å². The van der Waals surface area contributed by atoms with Gasteiger partial charge >= 0.3 is 5.97 Å². The molecule has 0 heterocycles. The highest BCUT2D eigenvalue weighted by Gasteiger charge is 2.24. The number of rotatable bonds is 11. The van der Waals surface area contributed by atoms with E-state index in [1.807, 2.05) is 45.0 Å². The lowest BCUT2D eigenvalue weighted by Crippen LogP contribution is -2.44. The van der Waals surface area contributed by atoms with Crippen molar-refractivity contribution in [2.45, 2.75) is 52.5 Å². The first-order valence-corrected chi connectivity index (χ1v) is 9.75. The Morgan fingerprint density at radius 3 is 2.34 bits per heavy atom. The van der Waals surface area contributed by atoms with E-state index in [0.29, 0.717) is 26.0 Å². The number of benzene rings is 1.